The maximum Gasteiger partial charge on any atom is 0.283 e. The van der Waals surface area contributed by atoms with Gasteiger partial charge in [-0.3, -0.25) is 85.0 Å². The maximum absolute atomic E-state index is 11.1. The van der Waals surface area contributed by atoms with Gasteiger partial charge in [0.25, 0.3) is 68.1 Å². The summed E-state index contributed by atoms with van der Waals surface area (Å²) in [5, 5.41) is 35.4. The minimum absolute atomic E-state index is 0.0000694. The zero-order valence-electron chi connectivity index (χ0n) is 78.7. The van der Waals surface area contributed by atoms with Gasteiger partial charge in [0.05, 0.1) is 23.7 Å². The Morgan fingerprint density at radius 1 is 0.415 bits per heavy atom. The normalized spacial score (nSPS) is 13.8. The summed E-state index contributed by atoms with van der Waals surface area (Å²) in [4.78, 5) is 140. The molecule has 8 aromatic rings. The third-order valence-corrected chi connectivity index (χ3v) is 19.0. The van der Waals surface area contributed by atoms with Crippen LogP contribution in [0.25, 0.3) is 0 Å². The molecule has 0 bridgehead atoms. The molecule has 0 fully saturated rings. The Kier molecular flexibility index (Phi) is 44.8. The van der Waals surface area contributed by atoms with Crippen LogP contribution in [-0.4, -0.2) is 122 Å². The van der Waals surface area contributed by atoms with E-state index in [1.54, 1.807) is 12.1 Å². The van der Waals surface area contributed by atoms with E-state index in [2.05, 4.69) is 234 Å². The highest BCUT2D eigenvalue weighted by Crippen LogP contribution is 2.26. The standard InChI is InChI=1S/C8H14N2O.2C8H13NO2.2C8H13NOS.C7H13N3O.C7H11NO2.2C7H11NOS.C6H10N2O.C6H9NO2.C5H9N3O/c1-8(2,3)4-6-7(11)10-5-9-6;1-8(2,3)4-6-5-11-9-7(6)10;1-8(2,3)5-6-4-7(10)9-11-6;1-8(2,3)4-6-5-11-9-7(6)10;1-8(2,3)5-6-4-7(10)9-11-6;1-7(2,3)5-10-6(11)4-8-9-10;2*1-7(2,3)5-4-10-8-6(5)9;1-7(2,3)5-4-6(9)8-10-5;1-4(2)5-6(9)8-3-7-5;1-4(2)5-3-6(8)7-9-5;1-4(2)8-5(9)3-6-7-8/h4-5H2,1-3H3,(H,10,11);5H,4H2,1-3H3,(H,9,10);4H,5H2,1-3H3,(H,9,10);5H,4H2,1-3H3,(H,9,10);4H,5H2,1-3H3,(H,9,10);4-5H2,1-3H3;3*4H,1-3H3,(H,8,9);4H,3H2,1-2H3,(H,8,9);3-4H,1-2H3,(H,7,8);4H,3H2,1-2H3. The second-order valence-electron chi connectivity index (χ2n) is 40.4. The van der Waals surface area contributed by atoms with E-state index in [0.717, 1.165) is 64.3 Å². The van der Waals surface area contributed by atoms with Crippen LogP contribution in [0.4, 0.5) is 0 Å². The summed E-state index contributed by atoms with van der Waals surface area (Å²) in [6, 6.07) is 6.43. The van der Waals surface area contributed by atoms with Crippen LogP contribution >= 0.6 is 46.1 Å². The lowest BCUT2D eigenvalue weighted by atomic mass is 9.89. The summed E-state index contributed by atoms with van der Waals surface area (Å²) < 4.78 is 29.7. The predicted octanol–water partition coefficient (Wildman–Crippen LogP) is 16.0. The molecule has 8 aromatic heterocycles. The molecule has 0 aliphatic carbocycles. The van der Waals surface area contributed by atoms with Crippen molar-refractivity contribution >= 4 is 81.2 Å². The molecule has 12 heterocycles. The van der Waals surface area contributed by atoms with Gasteiger partial charge >= 0.3 is 0 Å². The average molecular weight is 1800 g/mol. The van der Waals surface area contributed by atoms with Crippen molar-refractivity contribution in [3.63, 3.8) is 0 Å². The SMILES string of the molecule is CC(C)(C)CC1=NCNC1=O.CC(C)(C)CN1N=NCC1=O.CC(C)(C)Cc1cc(=O)[nH]o1.CC(C)(C)Cc1cc(=O)[nH]s1.CC(C)(C)Cc1co[nH]c1=O.CC(C)(C)Cc1cs[nH]c1=O.CC(C)(C)c1cc(=O)[nH]s1.CC(C)(C)c1co[nH]c1=O.CC(C)(C)c1cs[nH]c1=O.CC(C)C1=NCNC1=O.CC(C)N1N=NCC1=O.CC(C)c1cc(=O)[nH]o1. The van der Waals surface area contributed by atoms with Gasteiger partial charge in [-0.1, -0.05) is 271 Å². The van der Waals surface area contributed by atoms with Crippen LogP contribution in [0.3, 0.4) is 0 Å². The molecule has 123 heavy (non-hydrogen) atoms. The van der Waals surface area contributed by atoms with Crippen LogP contribution in [0.2, 0.25) is 0 Å². The van der Waals surface area contributed by atoms with Gasteiger partial charge in [0.2, 0.25) is 0 Å². The Bertz CT molecular complexity index is 4930. The van der Waals surface area contributed by atoms with Gasteiger partial charge in [-0.15, -0.1) is 0 Å². The number of hydrogen-bond acceptors (Lipinski definition) is 26. The highest BCUT2D eigenvalue weighted by molar-refractivity contribution is 7.06. The molecule has 0 unspecified atom stereocenters. The Hall–Kier alpha value is -9.82. The fourth-order valence-corrected chi connectivity index (χ4v) is 13.1. The number of hydrogen-bond donors (Lipinski definition) is 10. The van der Waals surface area contributed by atoms with Crippen molar-refractivity contribution in [3.05, 3.63) is 174 Å². The van der Waals surface area contributed by atoms with Gasteiger partial charge in [-0.25, -0.2) is 10.0 Å². The van der Waals surface area contributed by atoms with E-state index in [0.29, 0.717) is 42.6 Å². The van der Waals surface area contributed by atoms with E-state index >= 15 is 0 Å². The Balaban J connectivity index is 0.000000671. The molecule has 0 saturated heterocycles. The number of nitrogens with zero attached hydrogens (tertiary/aromatic N) is 8. The largest absolute Gasteiger partial charge is 0.387 e. The van der Waals surface area contributed by atoms with Crippen LogP contribution in [0.15, 0.2) is 135 Å². The number of carbonyl (C=O) groups is 4. The fraction of sp³-hybridized carbons (Fsp3) is 0.647. The Morgan fingerprint density at radius 2 is 0.902 bits per heavy atom. The number of rotatable bonds is 9. The zero-order chi connectivity index (χ0) is 94.8. The third-order valence-electron chi connectivity index (χ3n) is 15.6. The number of amides is 4. The number of aromatic nitrogens is 8. The highest BCUT2D eigenvalue weighted by Gasteiger charge is 2.27. The predicted molar refractivity (Wildman–Crippen MR) is 492 cm³/mol. The van der Waals surface area contributed by atoms with Crippen LogP contribution in [-0.2, 0) is 61.1 Å². The second-order valence-corrected chi connectivity index (χ2v) is 43.6. The van der Waals surface area contributed by atoms with E-state index in [4.69, 9.17) is 9.05 Å². The smallest absolute Gasteiger partial charge is 0.283 e. The van der Waals surface area contributed by atoms with Gasteiger partial charge in [-0.05, 0) is 88.3 Å². The van der Waals surface area contributed by atoms with Crippen molar-refractivity contribution in [1.29, 1.82) is 0 Å². The monoisotopic (exact) mass is 1800 g/mol. The molecule has 4 amide bonds. The van der Waals surface area contributed by atoms with E-state index < -0.39 is 0 Å². The highest BCUT2D eigenvalue weighted by atomic mass is 32.1. The van der Waals surface area contributed by atoms with Crippen molar-refractivity contribution in [1.82, 2.24) is 58.8 Å². The minimum Gasteiger partial charge on any atom is -0.387 e. The van der Waals surface area contributed by atoms with Crippen LogP contribution in [0, 0.1) is 38.4 Å². The summed E-state index contributed by atoms with van der Waals surface area (Å²) in [6.07, 6.45) is 7.06. The van der Waals surface area contributed by atoms with Gasteiger partial charge < -0.3 is 28.7 Å². The van der Waals surface area contributed by atoms with Crippen molar-refractivity contribution in [2.45, 2.75) is 289 Å². The maximum atomic E-state index is 11.1. The van der Waals surface area contributed by atoms with Crippen molar-refractivity contribution in [2.24, 2.45) is 69.1 Å². The molecule has 12 rings (SSSR count). The first kappa shape index (κ1) is 111. The molecule has 38 heteroatoms. The molecule has 4 aliphatic rings. The molecular formula is C85H140N18O16S4. The molecule has 0 saturated carbocycles. The molecule has 34 nitrogen and oxygen atoms in total. The quantitative estimate of drug-likeness (QED) is 0.0642. The fourth-order valence-electron chi connectivity index (χ4n) is 9.93. The Labute approximate surface area is 737 Å². The number of carbonyl (C=O) groups excluding carboxylic acids is 4. The summed E-state index contributed by atoms with van der Waals surface area (Å²) in [7, 11) is 0. The molecule has 0 atom stereocenters. The van der Waals surface area contributed by atoms with E-state index in [1.165, 1.54) is 80.8 Å². The van der Waals surface area contributed by atoms with Gasteiger partial charge in [0.1, 0.15) is 61.9 Å². The molecule has 0 aromatic carbocycles. The molecule has 690 valence electrons. The van der Waals surface area contributed by atoms with E-state index in [-0.39, 0.29) is 148 Å². The lowest BCUT2D eigenvalue weighted by Crippen LogP contribution is -2.31. The first-order valence-corrected chi connectivity index (χ1v) is 43.8. The van der Waals surface area contributed by atoms with E-state index in [9.17, 15) is 57.5 Å². The van der Waals surface area contributed by atoms with Crippen molar-refractivity contribution < 1.29 is 37.3 Å². The lowest BCUT2D eigenvalue weighted by Gasteiger charge is -2.21. The van der Waals surface area contributed by atoms with Gasteiger partial charge in [-0.2, -0.15) is 30.9 Å². The van der Waals surface area contributed by atoms with Crippen LogP contribution in [0.5, 0.6) is 0 Å². The summed E-state index contributed by atoms with van der Waals surface area (Å²) in [5.74, 6) is 1.95. The number of aliphatic imine (C=N–C) groups is 2. The average Bonchev–Trinajstić information content (AvgIpc) is 1.72. The topological polar surface area (TPSA) is 488 Å². The number of nitrogens with one attached hydrogen (secondary N) is 10. The van der Waals surface area contributed by atoms with Crippen LogP contribution in [0.1, 0.15) is 284 Å². The van der Waals surface area contributed by atoms with E-state index in [1.807, 2.05) is 93.8 Å². The Morgan fingerprint density at radius 3 is 1.20 bits per heavy atom. The third kappa shape index (κ3) is 49.3. The molecular weight excluding hydrogens is 1660 g/mol. The second kappa shape index (κ2) is 49.6. The summed E-state index contributed by atoms with van der Waals surface area (Å²) >= 11 is 5.58. The molecule has 0 radical (unpaired) electrons. The minimum atomic E-state index is -0.168. The molecule has 10 N–H and O–H groups in total. The van der Waals surface area contributed by atoms with Crippen molar-refractivity contribution in [3.8, 4) is 0 Å². The van der Waals surface area contributed by atoms with Crippen molar-refractivity contribution in [2.75, 3.05) is 33.0 Å². The molecule has 0 spiro atoms. The number of H-pyrrole nitrogens is 8. The first-order valence-electron chi connectivity index (χ1n) is 40.4. The van der Waals surface area contributed by atoms with Gasteiger partial charge in [0, 0.05) is 74.2 Å². The summed E-state index contributed by atoms with van der Waals surface area (Å²) in [6.45, 7) is 69.8. The molecule has 4 aliphatic heterocycles. The lowest BCUT2D eigenvalue weighted by molar-refractivity contribution is -0.129. The summed E-state index contributed by atoms with van der Waals surface area (Å²) in [5.41, 5.74) is 5.12. The van der Waals surface area contributed by atoms with Gasteiger partial charge in [0.15, 0.2) is 0 Å². The first-order chi connectivity index (χ1) is 56.1. The zero-order valence-corrected chi connectivity index (χ0v) is 81.9. The number of aromatic amines is 8. The van der Waals surface area contributed by atoms with Crippen LogP contribution < -0.4 is 55.1 Å².